The largest absolute Gasteiger partial charge is 0.381 e. The second-order valence-electron chi connectivity index (χ2n) is 6.63. The second-order valence-corrected chi connectivity index (χ2v) is 6.63. The molecule has 0 atom stereocenters. The van der Waals surface area contributed by atoms with Gasteiger partial charge in [-0.05, 0) is 45.4 Å². The molecule has 0 aromatic rings. The van der Waals surface area contributed by atoms with E-state index in [0.717, 1.165) is 32.7 Å². The molecule has 0 saturated heterocycles. The van der Waals surface area contributed by atoms with Crippen molar-refractivity contribution in [3.8, 4) is 0 Å². The molecule has 0 N–H and O–H groups in total. The maximum Gasteiger partial charge on any atom is 0.0598 e. The van der Waals surface area contributed by atoms with Gasteiger partial charge >= 0.3 is 0 Å². The van der Waals surface area contributed by atoms with Gasteiger partial charge < -0.3 is 9.47 Å². The summed E-state index contributed by atoms with van der Waals surface area (Å²) >= 11 is 0. The van der Waals surface area contributed by atoms with Gasteiger partial charge in [0.25, 0.3) is 0 Å². The van der Waals surface area contributed by atoms with Gasteiger partial charge in [-0.2, -0.15) is 0 Å². The van der Waals surface area contributed by atoms with Gasteiger partial charge in [0, 0.05) is 13.2 Å². The molecule has 98 valence electrons. The third kappa shape index (κ3) is 13.9. The molecular formula is C14H30O2. The lowest BCUT2D eigenvalue weighted by Gasteiger charge is -2.19. The highest BCUT2D eigenvalue weighted by atomic mass is 16.5. The number of hydrogen-bond acceptors (Lipinski definition) is 2. The smallest absolute Gasteiger partial charge is 0.0598 e. The molecule has 0 amide bonds. The van der Waals surface area contributed by atoms with Gasteiger partial charge in [0.1, 0.15) is 0 Å². The zero-order chi connectivity index (χ0) is 12.7. The molecule has 0 heterocycles. The number of unbranched alkanes of at least 4 members (excludes halogenated alkanes) is 2. The van der Waals surface area contributed by atoms with E-state index >= 15 is 0 Å². The minimum absolute atomic E-state index is 0.00271. The Kier molecular flexibility index (Phi) is 7.25. The van der Waals surface area contributed by atoms with Crippen LogP contribution < -0.4 is 0 Å². The van der Waals surface area contributed by atoms with E-state index in [2.05, 4.69) is 41.5 Å². The van der Waals surface area contributed by atoms with Crippen LogP contribution in [-0.4, -0.2) is 25.4 Å². The lowest BCUT2D eigenvalue weighted by molar-refractivity contribution is -0.00579. The van der Waals surface area contributed by atoms with Gasteiger partial charge in [0.15, 0.2) is 0 Å². The molecule has 0 radical (unpaired) electrons. The Balaban J connectivity index is 3.17. The van der Waals surface area contributed by atoms with Gasteiger partial charge in [-0.25, -0.2) is 0 Å². The molecule has 2 nitrogen and oxygen atoms in total. The fourth-order valence-corrected chi connectivity index (χ4v) is 1.24. The van der Waals surface area contributed by atoms with Gasteiger partial charge in [-0.1, -0.05) is 20.8 Å². The van der Waals surface area contributed by atoms with Crippen molar-refractivity contribution >= 4 is 0 Å². The second kappa shape index (κ2) is 7.29. The standard InChI is InChI=1S/C14H30O2/c1-13(2,3)12-15-10-8-7-9-11-16-14(4,5)6/h7-12H2,1-6H3. The van der Waals surface area contributed by atoms with E-state index in [0.29, 0.717) is 0 Å². The van der Waals surface area contributed by atoms with Crippen LogP contribution in [0.15, 0.2) is 0 Å². The lowest BCUT2D eigenvalue weighted by atomic mass is 9.99. The molecular weight excluding hydrogens is 200 g/mol. The van der Waals surface area contributed by atoms with Crippen LogP contribution in [0, 0.1) is 5.41 Å². The van der Waals surface area contributed by atoms with Crippen molar-refractivity contribution < 1.29 is 9.47 Å². The van der Waals surface area contributed by atoms with Crippen LogP contribution in [0.25, 0.3) is 0 Å². The Morgan fingerprint density at radius 1 is 0.750 bits per heavy atom. The highest BCUT2D eigenvalue weighted by Gasteiger charge is 2.10. The van der Waals surface area contributed by atoms with Crippen LogP contribution in [0.4, 0.5) is 0 Å². The molecule has 0 fully saturated rings. The Morgan fingerprint density at radius 3 is 1.81 bits per heavy atom. The van der Waals surface area contributed by atoms with E-state index in [4.69, 9.17) is 9.47 Å². The number of rotatable bonds is 7. The molecule has 0 aromatic heterocycles. The van der Waals surface area contributed by atoms with E-state index in [9.17, 15) is 0 Å². The van der Waals surface area contributed by atoms with E-state index in [1.54, 1.807) is 0 Å². The normalized spacial score (nSPS) is 13.1. The molecule has 0 saturated carbocycles. The summed E-state index contributed by atoms with van der Waals surface area (Å²) in [5.74, 6) is 0. The van der Waals surface area contributed by atoms with E-state index < -0.39 is 0 Å². The van der Waals surface area contributed by atoms with E-state index in [1.165, 1.54) is 6.42 Å². The van der Waals surface area contributed by atoms with Crippen molar-refractivity contribution in [3.63, 3.8) is 0 Å². The fraction of sp³-hybridized carbons (Fsp3) is 1.00. The SMILES string of the molecule is CC(C)(C)COCCCCCOC(C)(C)C. The Hall–Kier alpha value is -0.0800. The molecule has 0 spiro atoms. The van der Waals surface area contributed by atoms with Crippen molar-refractivity contribution in [2.24, 2.45) is 5.41 Å². The van der Waals surface area contributed by atoms with Gasteiger partial charge in [-0.15, -0.1) is 0 Å². The molecule has 0 aliphatic carbocycles. The summed E-state index contributed by atoms with van der Waals surface area (Å²) in [6.45, 7) is 15.5. The number of ether oxygens (including phenoxy) is 2. The summed E-state index contributed by atoms with van der Waals surface area (Å²) in [7, 11) is 0. The predicted octanol–water partition coefficient (Wildman–Crippen LogP) is 4.03. The van der Waals surface area contributed by atoms with Crippen LogP contribution in [0.2, 0.25) is 0 Å². The first-order chi connectivity index (χ1) is 7.21. The third-order valence-corrected chi connectivity index (χ3v) is 2.00. The summed E-state index contributed by atoms with van der Waals surface area (Å²) in [4.78, 5) is 0. The molecule has 0 rings (SSSR count). The Morgan fingerprint density at radius 2 is 1.31 bits per heavy atom. The molecule has 0 aliphatic heterocycles. The highest BCUT2D eigenvalue weighted by molar-refractivity contribution is 4.59. The fourth-order valence-electron chi connectivity index (χ4n) is 1.24. The van der Waals surface area contributed by atoms with Crippen LogP contribution in [0.5, 0.6) is 0 Å². The van der Waals surface area contributed by atoms with Crippen molar-refractivity contribution in [3.05, 3.63) is 0 Å². The summed E-state index contributed by atoms with van der Waals surface area (Å²) in [6, 6.07) is 0. The first kappa shape index (κ1) is 15.9. The molecule has 16 heavy (non-hydrogen) atoms. The summed E-state index contributed by atoms with van der Waals surface area (Å²) < 4.78 is 11.3. The molecule has 0 unspecified atom stereocenters. The van der Waals surface area contributed by atoms with Gasteiger partial charge in [0.2, 0.25) is 0 Å². The maximum absolute atomic E-state index is 5.65. The highest BCUT2D eigenvalue weighted by Crippen LogP contribution is 2.13. The van der Waals surface area contributed by atoms with Crippen LogP contribution in [0.3, 0.4) is 0 Å². The monoisotopic (exact) mass is 230 g/mol. The molecule has 2 heteroatoms. The topological polar surface area (TPSA) is 18.5 Å². The minimum atomic E-state index is 0.00271. The van der Waals surface area contributed by atoms with Crippen molar-refractivity contribution in [2.75, 3.05) is 19.8 Å². The van der Waals surface area contributed by atoms with E-state index in [-0.39, 0.29) is 11.0 Å². The van der Waals surface area contributed by atoms with E-state index in [1.807, 2.05) is 0 Å². The summed E-state index contributed by atoms with van der Waals surface area (Å²) in [6.07, 6.45) is 3.47. The summed E-state index contributed by atoms with van der Waals surface area (Å²) in [5, 5.41) is 0. The van der Waals surface area contributed by atoms with Crippen LogP contribution >= 0.6 is 0 Å². The summed E-state index contributed by atoms with van der Waals surface area (Å²) in [5.41, 5.74) is 0.290. The Labute approximate surface area is 102 Å². The Bertz CT molecular complexity index is 143. The minimum Gasteiger partial charge on any atom is -0.381 e. The average molecular weight is 230 g/mol. The van der Waals surface area contributed by atoms with Crippen LogP contribution in [-0.2, 0) is 9.47 Å². The average Bonchev–Trinajstić information content (AvgIpc) is 2.06. The molecule has 0 aromatic carbocycles. The maximum atomic E-state index is 5.65. The first-order valence-electron chi connectivity index (χ1n) is 6.42. The first-order valence-corrected chi connectivity index (χ1v) is 6.42. The zero-order valence-corrected chi connectivity index (χ0v) is 12.1. The van der Waals surface area contributed by atoms with Crippen LogP contribution in [0.1, 0.15) is 60.8 Å². The number of hydrogen-bond donors (Lipinski definition) is 0. The van der Waals surface area contributed by atoms with Crippen molar-refractivity contribution in [1.82, 2.24) is 0 Å². The molecule has 0 bridgehead atoms. The lowest BCUT2D eigenvalue weighted by Crippen LogP contribution is -2.19. The van der Waals surface area contributed by atoms with Crippen molar-refractivity contribution in [2.45, 2.75) is 66.4 Å². The van der Waals surface area contributed by atoms with Gasteiger partial charge in [-0.3, -0.25) is 0 Å². The van der Waals surface area contributed by atoms with Crippen molar-refractivity contribution in [1.29, 1.82) is 0 Å². The van der Waals surface area contributed by atoms with Gasteiger partial charge in [0.05, 0.1) is 12.2 Å². The zero-order valence-electron chi connectivity index (χ0n) is 12.1. The quantitative estimate of drug-likeness (QED) is 0.615. The predicted molar refractivity (Wildman–Crippen MR) is 69.8 cm³/mol. The molecule has 0 aliphatic rings. The third-order valence-electron chi connectivity index (χ3n) is 2.00.